The minimum absolute atomic E-state index is 0.133. The Morgan fingerprint density at radius 3 is 2.44 bits per heavy atom. The summed E-state index contributed by atoms with van der Waals surface area (Å²) in [6.07, 6.45) is 7.84. The predicted molar refractivity (Wildman–Crippen MR) is 104 cm³/mol. The van der Waals surface area contributed by atoms with Gasteiger partial charge in [-0.3, -0.25) is 4.79 Å². The van der Waals surface area contributed by atoms with Crippen molar-refractivity contribution in [3.8, 4) is 0 Å². The third kappa shape index (κ3) is 5.10. The summed E-state index contributed by atoms with van der Waals surface area (Å²) in [5, 5.41) is 9.35. The van der Waals surface area contributed by atoms with Gasteiger partial charge in [0.1, 0.15) is 6.10 Å². The van der Waals surface area contributed by atoms with Gasteiger partial charge >= 0.3 is 5.97 Å². The number of benzene rings is 1. The van der Waals surface area contributed by atoms with E-state index in [0.29, 0.717) is 11.5 Å². The minimum Gasteiger partial charge on any atom is -0.478 e. The molecule has 0 bridgehead atoms. The van der Waals surface area contributed by atoms with E-state index < -0.39 is 5.97 Å². The van der Waals surface area contributed by atoms with Crippen LogP contribution in [0.5, 0.6) is 0 Å². The summed E-state index contributed by atoms with van der Waals surface area (Å²) in [5.74, 6) is -0.313. The van der Waals surface area contributed by atoms with Gasteiger partial charge in [0.25, 0.3) is 5.91 Å². The molecule has 27 heavy (non-hydrogen) atoms. The third-order valence-corrected chi connectivity index (χ3v) is 5.99. The van der Waals surface area contributed by atoms with Crippen molar-refractivity contribution in [3.05, 3.63) is 35.4 Å². The maximum absolute atomic E-state index is 12.8. The number of carbonyl (C=O) groups is 2. The van der Waals surface area contributed by atoms with Crippen molar-refractivity contribution in [3.63, 3.8) is 0 Å². The van der Waals surface area contributed by atoms with Crippen LogP contribution in [-0.4, -0.2) is 47.2 Å². The Morgan fingerprint density at radius 1 is 1.15 bits per heavy atom. The van der Waals surface area contributed by atoms with Crippen LogP contribution in [0.2, 0.25) is 0 Å². The van der Waals surface area contributed by atoms with Gasteiger partial charge < -0.3 is 14.7 Å². The van der Waals surface area contributed by atoms with Crippen molar-refractivity contribution in [1.82, 2.24) is 4.90 Å². The average Bonchev–Trinajstić information content (AvgIpc) is 3.19. The standard InChI is InChI=1S/C22H31NO4/c1-2-20(27-18-8-4-5-9-18)21(24)23-13-11-16(12-14-23)15-17-7-3-6-10-19(17)22(25)26/h3,6-7,10,16,18,20H,2,4-5,8-9,11-15H2,1H3,(H,25,26). The fraction of sp³-hybridized carbons (Fsp3) is 0.636. The van der Waals surface area contributed by atoms with E-state index >= 15 is 0 Å². The molecule has 1 aliphatic carbocycles. The fourth-order valence-electron chi connectivity index (χ4n) is 4.36. The molecule has 1 saturated carbocycles. The molecule has 1 atom stereocenters. The van der Waals surface area contributed by atoms with E-state index in [-0.39, 0.29) is 18.1 Å². The SMILES string of the molecule is CCC(OC1CCCC1)C(=O)N1CCC(Cc2ccccc2C(=O)O)CC1. The van der Waals surface area contributed by atoms with Gasteiger partial charge in [0.05, 0.1) is 11.7 Å². The Labute approximate surface area is 161 Å². The number of rotatable bonds is 7. The number of carboxylic acids is 1. The summed E-state index contributed by atoms with van der Waals surface area (Å²) >= 11 is 0. The van der Waals surface area contributed by atoms with Crippen LogP contribution < -0.4 is 0 Å². The molecular weight excluding hydrogens is 342 g/mol. The van der Waals surface area contributed by atoms with Gasteiger partial charge in [0, 0.05) is 13.1 Å². The molecular formula is C22H31NO4. The topological polar surface area (TPSA) is 66.8 Å². The molecule has 1 N–H and O–H groups in total. The molecule has 1 aromatic carbocycles. The number of hydrogen-bond acceptors (Lipinski definition) is 3. The van der Waals surface area contributed by atoms with Gasteiger partial charge in [-0.2, -0.15) is 0 Å². The zero-order valence-corrected chi connectivity index (χ0v) is 16.2. The summed E-state index contributed by atoms with van der Waals surface area (Å²) in [6.45, 7) is 3.50. The Hall–Kier alpha value is -1.88. The maximum Gasteiger partial charge on any atom is 0.335 e. The first-order valence-electron chi connectivity index (χ1n) is 10.3. The second-order valence-corrected chi connectivity index (χ2v) is 7.87. The largest absolute Gasteiger partial charge is 0.478 e. The number of carboxylic acid groups (broad SMARTS) is 1. The molecule has 5 nitrogen and oxygen atoms in total. The number of aromatic carboxylic acids is 1. The molecule has 2 fully saturated rings. The first-order valence-corrected chi connectivity index (χ1v) is 10.3. The lowest BCUT2D eigenvalue weighted by Crippen LogP contribution is -2.45. The number of likely N-dealkylation sites (tertiary alicyclic amines) is 1. The smallest absolute Gasteiger partial charge is 0.335 e. The van der Waals surface area contributed by atoms with E-state index in [4.69, 9.17) is 4.74 Å². The number of nitrogens with zero attached hydrogens (tertiary/aromatic N) is 1. The molecule has 0 radical (unpaired) electrons. The molecule has 0 aromatic heterocycles. The predicted octanol–water partition coefficient (Wildman–Crippen LogP) is 3.90. The van der Waals surface area contributed by atoms with Crippen molar-refractivity contribution < 1.29 is 19.4 Å². The van der Waals surface area contributed by atoms with E-state index in [0.717, 1.165) is 57.2 Å². The number of amides is 1. The molecule has 1 heterocycles. The van der Waals surface area contributed by atoms with E-state index in [1.807, 2.05) is 24.0 Å². The number of piperidine rings is 1. The molecule has 2 aliphatic rings. The zero-order chi connectivity index (χ0) is 19.2. The van der Waals surface area contributed by atoms with Gasteiger partial charge in [0.15, 0.2) is 0 Å². The first-order chi connectivity index (χ1) is 13.1. The van der Waals surface area contributed by atoms with Crippen LogP contribution in [0, 0.1) is 5.92 Å². The summed E-state index contributed by atoms with van der Waals surface area (Å²) in [7, 11) is 0. The molecule has 1 amide bonds. The van der Waals surface area contributed by atoms with Crippen LogP contribution in [0.3, 0.4) is 0 Å². The fourth-order valence-corrected chi connectivity index (χ4v) is 4.36. The van der Waals surface area contributed by atoms with E-state index in [9.17, 15) is 14.7 Å². The van der Waals surface area contributed by atoms with Gasteiger partial charge in [-0.1, -0.05) is 38.0 Å². The van der Waals surface area contributed by atoms with Gasteiger partial charge in [-0.25, -0.2) is 4.79 Å². The summed E-state index contributed by atoms with van der Waals surface area (Å²) < 4.78 is 6.08. The quantitative estimate of drug-likeness (QED) is 0.787. The average molecular weight is 373 g/mol. The van der Waals surface area contributed by atoms with Crippen LogP contribution in [0.4, 0.5) is 0 Å². The van der Waals surface area contributed by atoms with Gasteiger partial charge in [-0.05, 0) is 56.1 Å². The van der Waals surface area contributed by atoms with Crippen LogP contribution in [0.1, 0.15) is 67.8 Å². The Morgan fingerprint density at radius 2 is 1.81 bits per heavy atom. The second kappa shape index (κ2) is 9.36. The number of hydrogen-bond donors (Lipinski definition) is 1. The summed E-state index contributed by atoms with van der Waals surface area (Å²) in [4.78, 5) is 26.2. The summed E-state index contributed by atoms with van der Waals surface area (Å²) in [6, 6.07) is 7.24. The highest BCUT2D eigenvalue weighted by Gasteiger charge is 2.30. The van der Waals surface area contributed by atoms with Crippen LogP contribution >= 0.6 is 0 Å². The molecule has 5 heteroatoms. The Balaban J connectivity index is 1.52. The third-order valence-electron chi connectivity index (χ3n) is 5.99. The zero-order valence-electron chi connectivity index (χ0n) is 16.2. The summed E-state index contributed by atoms with van der Waals surface area (Å²) in [5.41, 5.74) is 1.29. The van der Waals surface area contributed by atoms with Crippen molar-refractivity contribution in [1.29, 1.82) is 0 Å². The van der Waals surface area contributed by atoms with Crippen molar-refractivity contribution in [2.75, 3.05) is 13.1 Å². The lowest BCUT2D eigenvalue weighted by Gasteiger charge is -2.34. The Kier molecular flexibility index (Phi) is 6.89. The van der Waals surface area contributed by atoms with Crippen molar-refractivity contribution >= 4 is 11.9 Å². The molecule has 1 aliphatic heterocycles. The lowest BCUT2D eigenvalue weighted by atomic mass is 9.88. The van der Waals surface area contributed by atoms with E-state index in [1.54, 1.807) is 12.1 Å². The first kappa shape index (κ1) is 19.9. The maximum atomic E-state index is 12.8. The Bertz CT molecular complexity index is 645. The van der Waals surface area contributed by atoms with Crippen LogP contribution in [-0.2, 0) is 16.0 Å². The molecule has 0 spiro atoms. The van der Waals surface area contributed by atoms with Crippen molar-refractivity contribution in [2.45, 2.75) is 70.5 Å². The van der Waals surface area contributed by atoms with E-state index in [1.165, 1.54) is 12.8 Å². The number of ether oxygens (including phenoxy) is 1. The van der Waals surface area contributed by atoms with Crippen molar-refractivity contribution in [2.24, 2.45) is 5.92 Å². The lowest BCUT2D eigenvalue weighted by molar-refractivity contribution is -0.149. The monoisotopic (exact) mass is 373 g/mol. The van der Waals surface area contributed by atoms with Gasteiger partial charge in [0.2, 0.25) is 0 Å². The molecule has 3 rings (SSSR count). The van der Waals surface area contributed by atoms with Crippen LogP contribution in [0.15, 0.2) is 24.3 Å². The highest BCUT2D eigenvalue weighted by Crippen LogP contribution is 2.26. The minimum atomic E-state index is -0.868. The highest BCUT2D eigenvalue weighted by molar-refractivity contribution is 5.89. The normalized spacial score (nSPS) is 20.0. The van der Waals surface area contributed by atoms with E-state index in [2.05, 4.69) is 0 Å². The molecule has 1 unspecified atom stereocenters. The van der Waals surface area contributed by atoms with Gasteiger partial charge in [-0.15, -0.1) is 0 Å². The second-order valence-electron chi connectivity index (χ2n) is 7.87. The molecule has 1 saturated heterocycles. The number of carbonyl (C=O) groups excluding carboxylic acids is 1. The highest BCUT2D eigenvalue weighted by atomic mass is 16.5. The van der Waals surface area contributed by atoms with Crippen LogP contribution in [0.25, 0.3) is 0 Å². The molecule has 1 aromatic rings. The molecule has 148 valence electrons.